The summed E-state index contributed by atoms with van der Waals surface area (Å²) in [6, 6.07) is 27.9. The molecular weight excluding hydrogens is 834 g/mol. The van der Waals surface area contributed by atoms with Crippen LogP contribution in [0, 0.1) is 24.7 Å². The van der Waals surface area contributed by atoms with Gasteiger partial charge >= 0.3 is 12.3 Å². The number of amides is 2. The molecule has 4 bridgehead atoms. The third kappa shape index (κ3) is 8.08. The number of hydrogen-bond donors (Lipinski definition) is 4. The summed E-state index contributed by atoms with van der Waals surface area (Å²) in [6.45, 7) is 5.49. The van der Waals surface area contributed by atoms with Crippen LogP contribution in [0.15, 0.2) is 91.1 Å². The van der Waals surface area contributed by atoms with Crippen LogP contribution in [0.5, 0.6) is 5.75 Å². The van der Waals surface area contributed by atoms with E-state index in [1.54, 1.807) is 26.2 Å². The lowest BCUT2D eigenvalue weighted by molar-refractivity contribution is -0.137. The number of aromatic nitrogens is 2. The first kappa shape index (κ1) is 42.6. The van der Waals surface area contributed by atoms with Crippen molar-refractivity contribution in [3.63, 3.8) is 0 Å². The fourth-order valence-electron chi connectivity index (χ4n) is 12.0. The van der Waals surface area contributed by atoms with Crippen LogP contribution in [0.1, 0.15) is 70.6 Å². The number of anilines is 5. The normalized spacial score (nSPS) is 23.4. The molecule has 11 rings (SSSR count). The Bertz CT molecular complexity index is 2570. The maximum absolute atomic E-state index is 14.2. The van der Waals surface area contributed by atoms with E-state index >= 15 is 0 Å². The average Bonchev–Trinajstić information content (AvgIpc) is 3.61. The molecule has 2 unspecified atom stereocenters. The molecule has 1 aliphatic heterocycles. The zero-order valence-corrected chi connectivity index (χ0v) is 36.7. The largest absolute Gasteiger partial charge is 0.494 e. The van der Waals surface area contributed by atoms with Crippen molar-refractivity contribution in [3.05, 3.63) is 119 Å². The van der Waals surface area contributed by atoms with Crippen LogP contribution in [-0.2, 0) is 10.9 Å². The molecule has 338 valence electrons. The molecule has 5 fully saturated rings. The Labute approximate surface area is 376 Å². The van der Waals surface area contributed by atoms with Gasteiger partial charge < -0.3 is 35.6 Å². The average molecular weight is 887 g/mol. The first-order valence-electron chi connectivity index (χ1n) is 22.5. The number of rotatable bonds is 11. The smallest absolute Gasteiger partial charge is 0.421 e. The van der Waals surface area contributed by atoms with Crippen molar-refractivity contribution in [2.75, 3.05) is 62.5 Å². The molecule has 1 aromatic heterocycles. The van der Waals surface area contributed by atoms with Crippen molar-refractivity contribution >= 4 is 40.8 Å². The van der Waals surface area contributed by atoms with Gasteiger partial charge in [-0.3, -0.25) is 9.69 Å². The van der Waals surface area contributed by atoms with Crippen molar-refractivity contribution in [2.45, 2.75) is 62.7 Å². The number of piperazine rings is 1. The number of benzene rings is 4. The second kappa shape index (κ2) is 16.9. The minimum Gasteiger partial charge on any atom is -0.494 e. The van der Waals surface area contributed by atoms with Gasteiger partial charge in [0.15, 0.2) is 0 Å². The Morgan fingerprint density at radius 3 is 2.22 bits per heavy atom. The van der Waals surface area contributed by atoms with E-state index in [0.717, 1.165) is 57.3 Å². The number of nitrogens with one attached hydrogen (secondary N) is 4. The van der Waals surface area contributed by atoms with Gasteiger partial charge in [0.2, 0.25) is 5.95 Å². The van der Waals surface area contributed by atoms with Gasteiger partial charge in [0.1, 0.15) is 23.7 Å². The number of halogens is 3. The number of methoxy groups -OCH3 is 1. The van der Waals surface area contributed by atoms with E-state index in [0.29, 0.717) is 47.4 Å². The number of para-hydroxylation sites is 1. The molecule has 65 heavy (non-hydrogen) atoms. The number of carbonyl (C=O) groups is 2. The molecule has 4 aromatic carbocycles. The van der Waals surface area contributed by atoms with Crippen LogP contribution in [0.25, 0.3) is 11.1 Å². The van der Waals surface area contributed by atoms with Crippen LogP contribution in [0.2, 0.25) is 0 Å². The predicted molar refractivity (Wildman–Crippen MR) is 243 cm³/mol. The number of hydrogen-bond acceptors (Lipinski definition) is 10. The molecule has 5 aliphatic carbocycles. The van der Waals surface area contributed by atoms with Gasteiger partial charge in [-0.25, -0.2) is 9.78 Å². The van der Waals surface area contributed by atoms with Gasteiger partial charge in [-0.2, -0.15) is 18.2 Å². The topological polar surface area (TPSA) is 133 Å². The summed E-state index contributed by atoms with van der Waals surface area (Å²) in [5, 5.41) is 11.8. The number of carbonyl (C=O) groups excluding carboxylic acids is 2. The van der Waals surface area contributed by atoms with Gasteiger partial charge in [0, 0.05) is 68.7 Å². The minimum absolute atomic E-state index is 0.0276. The molecule has 0 radical (unpaired) electrons. The Morgan fingerprint density at radius 2 is 1.55 bits per heavy atom. The molecule has 2 amide bonds. The van der Waals surface area contributed by atoms with Crippen LogP contribution >= 0.6 is 0 Å². The quantitative estimate of drug-likeness (QED) is 0.102. The highest BCUT2D eigenvalue weighted by molar-refractivity contribution is 6.01. The van der Waals surface area contributed by atoms with Crippen molar-refractivity contribution in [2.24, 2.45) is 17.8 Å². The third-order valence-corrected chi connectivity index (χ3v) is 14.5. The first-order chi connectivity index (χ1) is 31.4. The predicted octanol–water partition coefficient (Wildman–Crippen LogP) is 9.27. The van der Waals surface area contributed by atoms with Gasteiger partial charge in [-0.1, -0.05) is 60.7 Å². The Morgan fingerprint density at radius 1 is 0.862 bits per heavy atom. The van der Waals surface area contributed by atoms with Gasteiger partial charge in [-0.05, 0) is 103 Å². The van der Waals surface area contributed by atoms with E-state index < -0.39 is 23.5 Å². The Balaban J connectivity index is 0.773. The van der Waals surface area contributed by atoms with E-state index in [9.17, 15) is 22.8 Å². The molecule has 15 heteroatoms. The summed E-state index contributed by atoms with van der Waals surface area (Å²) < 4.78 is 54.4. The maximum atomic E-state index is 14.2. The molecule has 4 saturated carbocycles. The van der Waals surface area contributed by atoms with E-state index in [-0.39, 0.29) is 34.7 Å². The van der Waals surface area contributed by atoms with Gasteiger partial charge in [0.25, 0.3) is 5.91 Å². The molecule has 12 nitrogen and oxygen atoms in total. The van der Waals surface area contributed by atoms with E-state index in [1.807, 2.05) is 18.2 Å². The molecule has 2 heterocycles. The minimum atomic E-state index is -4.76. The van der Waals surface area contributed by atoms with Crippen LogP contribution < -0.4 is 30.9 Å². The fraction of sp³-hybridized carbons (Fsp3) is 0.400. The summed E-state index contributed by atoms with van der Waals surface area (Å²) in [4.78, 5) is 39.4. The molecule has 2 atom stereocenters. The fourth-order valence-corrected chi connectivity index (χ4v) is 12.0. The monoisotopic (exact) mass is 886 g/mol. The molecule has 6 aliphatic rings. The lowest BCUT2D eigenvalue weighted by Crippen LogP contribution is -2.68. The zero-order chi connectivity index (χ0) is 45.0. The van der Waals surface area contributed by atoms with Crippen molar-refractivity contribution < 1.29 is 32.2 Å². The van der Waals surface area contributed by atoms with Crippen molar-refractivity contribution in [1.82, 2.24) is 25.5 Å². The van der Waals surface area contributed by atoms with E-state index in [4.69, 9.17) is 9.47 Å². The molecule has 5 aromatic rings. The van der Waals surface area contributed by atoms with Crippen LogP contribution in [0.3, 0.4) is 0 Å². The van der Waals surface area contributed by atoms with Crippen LogP contribution in [0.4, 0.5) is 46.8 Å². The molecule has 0 spiro atoms. The standard InChI is InChI=1S/C50H53F3N8O4/c1-29-9-8-14-38(46(62)54-2)43(29)57-45-40(50(51,52)53)27-55-47(58-45)56-41-16-15-33(23-42(41)64-3)60-17-19-61(20-18-60)44-31-21-30-22-32(44)26-49(24-30,25-31)59-48(63)65-28-39-36-12-6-4-10-34(36)35-11-5-7-13-37(35)39/h4-16,23,27,30-32,39,44H,17-22,24-26,28H2,1-3H3,(H,54,62)(H,59,63)(H2,55,56,57,58). The number of alkyl carbamates (subject to hydrolysis) is 1. The number of ether oxygens (including phenoxy) is 2. The number of alkyl halides is 3. The van der Waals surface area contributed by atoms with Gasteiger partial charge in [-0.15, -0.1) is 0 Å². The number of aryl methyl sites for hydroxylation is 1. The summed E-state index contributed by atoms with van der Waals surface area (Å²) in [5.41, 5.74) is 5.97. The highest BCUT2D eigenvalue weighted by Crippen LogP contribution is 2.57. The van der Waals surface area contributed by atoms with Crippen molar-refractivity contribution in [1.29, 1.82) is 0 Å². The lowest BCUT2D eigenvalue weighted by atomic mass is 9.50. The molecule has 1 saturated heterocycles. The zero-order valence-electron chi connectivity index (χ0n) is 36.7. The summed E-state index contributed by atoms with van der Waals surface area (Å²) in [5.74, 6) is 1.13. The second-order valence-electron chi connectivity index (χ2n) is 18.4. The van der Waals surface area contributed by atoms with E-state index in [1.165, 1.54) is 48.2 Å². The highest BCUT2D eigenvalue weighted by atomic mass is 19.4. The Kier molecular flexibility index (Phi) is 11.1. The first-order valence-corrected chi connectivity index (χ1v) is 22.5. The highest BCUT2D eigenvalue weighted by Gasteiger charge is 2.57. The SMILES string of the molecule is CNC(=O)c1cccc(C)c1Nc1nc(Nc2ccc(N3CCN(C4C5CC6CC4CC(NC(=O)OCC4c7ccccc7-c7ccccc74)(C6)C5)CC3)cc2OC)ncc1C(F)(F)F. The summed E-state index contributed by atoms with van der Waals surface area (Å²) in [7, 11) is 3.00. The third-order valence-electron chi connectivity index (χ3n) is 14.5. The summed E-state index contributed by atoms with van der Waals surface area (Å²) in [6.07, 6.45) is 1.03. The molecule has 4 N–H and O–H groups in total. The lowest BCUT2D eigenvalue weighted by Gasteiger charge is -2.62. The number of fused-ring (bicyclic) bond motifs is 3. The van der Waals surface area contributed by atoms with Gasteiger partial charge in [0.05, 0.1) is 24.0 Å². The second-order valence-corrected chi connectivity index (χ2v) is 18.4. The van der Waals surface area contributed by atoms with Crippen LogP contribution in [-0.4, -0.2) is 85.4 Å². The van der Waals surface area contributed by atoms with Crippen molar-refractivity contribution in [3.8, 4) is 16.9 Å². The summed E-state index contributed by atoms with van der Waals surface area (Å²) >= 11 is 0. The number of nitrogens with zero attached hydrogens (tertiary/aromatic N) is 4. The maximum Gasteiger partial charge on any atom is 0.421 e. The Hall–Kier alpha value is -6.35. The molecular formula is C50H53F3N8O4. The van der Waals surface area contributed by atoms with E-state index in [2.05, 4.69) is 89.6 Å².